The van der Waals surface area contributed by atoms with E-state index in [9.17, 15) is 9.59 Å². The molecule has 4 aromatic rings. The van der Waals surface area contributed by atoms with Gasteiger partial charge in [-0.2, -0.15) is 20.4 Å². The monoisotopic (exact) mass is 786 g/mol. The molecule has 0 bridgehead atoms. The molecule has 20 heteroatoms. The van der Waals surface area contributed by atoms with Crippen LogP contribution in [-0.2, 0) is 0 Å². The van der Waals surface area contributed by atoms with Gasteiger partial charge in [-0.05, 0) is 98.5 Å². The van der Waals surface area contributed by atoms with E-state index in [2.05, 4.69) is 51.4 Å². The molecule has 58 heavy (non-hydrogen) atoms. The molecule has 2 amide bonds. The van der Waals surface area contributed by atoms with E-state index >= 15 is 0 Å². The van der Waals surface area contributed by atoms with Crippen LogP contribution in [0.2, 0.25) is 0 Å². The summed E-state index contributed by atoms with van der Waals surface area (Å²) in [5.74, 6) is -0.988. The highest BCUT2D eigenvalue weighted by Gasteiger charge is 2.10. The Kier molecular flexibility index (Phi) is 16.3. The minimum atomic E-state index is -0.258. The Hall–Kier alpha value is -8.42. The maximum Gasteiger partial charge on any atom is 0.255 e. The molecule has 300 valence electrons. The Morgan fingerprint density at radius 1 is 0.362 bits per heavy atom. The van der Waals surface area contributed by atoms with Crippen LogP contribution >= 0.6 is 0 Å². The van der Waals surface area contributed by atoms with Gasteiger partial charge >= 0.3 is 0 Å². The normalized spacial score (nSPS) is 11.5. The molecular weight excluding hydrogens is 741 g/mol. The molecule has 0 fully saturated rings. The standard InChI is InChI=1S/2C19H23N9O/c1-11(25-27-18(20)21)13-3-5-15(6-4-13)17(29)24-16-9-7-14(8-10-16)12(2)26-28-19(22)23;1-11(25-27-18(20)21)13-6-8-14(9-7-13)17(29)24-16-5-3-4-15(10-16)12(2)26-28-19(22)23/h2*3-10H,1-2H3,(H,24,29)(H4,20,21,27)(H4,22,23,28)/b2*25-11+,26-12+. The summed E-state index contributed by atoms with van der Waals surface area (Å²) >= 11 is 0. The van der Waals surface area contributed by atoms with Crippen molar-refractivity contribution in [3.63, 3.8) is 0 Å². The van der Waals surface area contributed by atoms with Gasteiger partial charge in [0.25, 0.3) is 11.8 Å². The summed E-state index contributed by atoms with van der Waals surface area (Å²) in [5.41, 5.74) is 50.0. The molecule has 0 radical (unpaired) electrons. The largest absolute Gasteiger partial charge is 0.369 e. The first kappa shape index (κ1) is 44.0. The smallest absolute Gasteiger partial charge is 0.255 e. The fourth-order valence-electron chi connectivity index (χ4n) is 4.51. The summed E-state index contributed by atoms with van der Waals surface area (Å²) in [6.07, 6.45) is 0. The third-order valence-electron chi connectivity index (χ3n) is 7.49. The zero-order chi connectivity index (χ0) is 42.8. The zero-order valence-corrected chi connectivity index (χ0v) is 32.3. The SMILES string of the molecule is C/C(=N\N=C(N)N)c1ccc(C(=O)Nc2cccc(/C(C)=N/N=C(N)N)c2)cc1.C/C(=N\N=C(N)N)c1ccc(NC(=O)c2ccc(/C(C)=N/N=C(N)N)cc2)cc1. The summed E-state index contributed by atoms with van der Waals surface area (Å²) < 4.78 is 0. The van der Waals surface area contributed by atoms with Crippen molar-refractivity contribution in [2.24, 2.45) is 86.7 Å². The number of carbonyl (C=O) groups is 2. The lowest BCUT2D eigenvalue weighted by atomic mass is 10.1. The van der Waals surface area contributed by atoms with E-state index in [1.807, 2.05) is 18.2 Å². The first-order valence-electron chi connectivity index (χ1n) is 17.1. The molecule has 18 N–H and O–H groups in total. The van der Waals surface area contributed by atoms with Crippen LogP contribution in [0.15, 0.2) is 138 Å². The van der Waals surface area contributed by atoms with Crippen LogP contribution < -0.4 is 56.5 Å². The topological polar surface area (TPSA) is 365 Å². The lowest BCUT2D eigenvalue weighted by molar-refractivity contribution is 0.101. The van der Waals surface area contributed by atoms with Gasteiger partial charge in [0, 0.05) is 22.5 Å². The van der Waals surface area contributed by atoms with E-state index in [0.717, 1.165) is 22.3 Å². The minimum Gasteiger partial charge on any atom is -0.369 e. The third-order valence-corrected chi connectivity index (χ3v) is 7.49. The van der Waals surface area contributed by atoms with Crippen LogP contribution in [0.1, 0.15) is 70.7 Å². The van der Waals surface area contributed by atoms with E-state index in [0.29, 0.717) is 45.3 Å². The number of hydrogen-bond acceptors (Lipinski definition) is 10. The first-order chi connectivity index (χ1) is 27.5. The number of nitrogens with one attached hydrogen (secondary N) is 2. The number of amides is 2. The van der Waals surface area contributed by atoms with Crippen LogP contribution in [0.25, 0.3) is 0 Å². The lowest BCUT2D eigenvalue weighted by Crippen LogP contribution is -2.22. The average Bonchev–Trinajstić information content (AvgIpc) is 3.20. The average molecular weight is 787 g/mol. The molecule has 0 unspecified atom stereocenters. The van der Waals surface area contributed by atoms with Crippen molar-refractivity contribution in [1.82, 2.24) is 0 Å². The maximum absolute atomic E-state index is 12.5. The van der Waals surface area contributed by atoms with Gasteiger partial charge in [-0.25, -0.2) is 0 Å². The van der Waals surface area contributed by atoms with Gasteiger partial charge in [-0.1, -0.05) is 48.5 Å². The summed E-state index contributed by atoms with van der Waals surface area (Å²) in [6, 6.07) is 28.2. The molecule has 20 nitrogen and oxygen atoms in total. The minimum absolute atomic E-state index is 0.114. The van der Waals surface area contributed by atoms with E-state index in [-0.39, 0.29) is 35.7 Å². The van der Waals surface area contributed by atoms with Crippen molar-refractivity contribution in [2.75, 3.05) is 10.6 Å². The number of carbonyl (C=O) groups excluding carboxylic acids is 2. The van der Waals surface area contributed by atoms with Crippen molar-refractivity contribution in [1.29, 1.82) is 0 Å². The third kappa shape index (κ3) is 14.8. The fourth-order valence-corrected chi connectivity index (χ4v) is 4.51. The number of benzene rings is 4. The predicted molar refractivity (Wildman–Crippen MR) is 234 cm³/mol. The quantitative estimate of drug-likeness (QED) is 0.0564. The highest BCUT2D eigenvalue weighted by atomic mass is 16.2. The van der Waals surface area contributed by atoms with Crippen molar-refractivity contribution in [3.8, 4) is 0 Å². The molecule has 0 aromatic heterocycles. The molecule has 0 saturated carbocycles. The van der Waals surface area contributed by atoms with Gasteiger partial charge < -0.3 is 56.5 Å². The van der Waals surface area contributed by atoms with Crippen LogP contribution in [-0.4, -0.2) is 58.5 Å². The van der Waals surface area contributed by atoms with Gasteiger partial charge in [0.2, 0.25) is 23.8 Å². The summed E-state index contributed by atoms with van der Waals surface area (Å²) in [7, 11) is 0. The number of nitrogens with zero attached hydrogens (tertiary/aromatic N) is 8. The summed E-state index contributed by atoms with van der Waals surface area (Å²) in [4.78, 5) is 25.0. The molecule has 0 aliphatic carbocycles. The van der Waals surface area contributed by atoms with Crippen LogP contribution in [0, 0.1) is 0 Å². The second-order valence-corrected chi connectivity index (χ2v) is 12.1. The van der Waals surface area contributed by atoms with E-state index in [1.165, 1.54) is 0 Å². The van der Waals surface area contributed by atoms with Crippen molar-refractivity contribution < 1.29 is 9.59 Å². The maximum atomic E-state index is 12.5. The molecule has 4 rings (SSSR count). The number of hydrogen-bond donors (Lipinski definition) is 10. The number of nitrogens with two attached hydrogens (primary N) is 8. The first-order valence-corrected chi connectivity index (χ1v) is 17.1. The predicted octanol–water partition coefficient (Wildman–Crippen LogP) is 1.87. The van der Waals surface area contributed by atoms with E-state index < -0.39 is 0 Å². The van der Waals surface area contributed by atoms with Gasteiger partial charge in [0.1, 0.15) is 0 Å². The molecule has 0 aliphatic heterocycles. The Morgan fingerprint density at radius 3 is 1.00 bits per heavy atom. The van der Waals surface area contributed by atoms with Crippen LogP contribution in [0.4, 0.5) is 11.4 Å². The highest BCUT2D eigenvalue weighted by molar-refractivity contribution is 6.08. The molecule has 0 saturated heterocycles. The van der Waals surface area contributed by atoms with Crippen LogP contribution in [0.3, 0.4) is 0 Å². The summed E-state index contributed by atoms with van der Waals surface area (Å²) in [5, 5.41) is 35.8. The molecule has 4 aromatic carbocycles. The lowest BCUT2D eigenvalue weighted by Gasteiger charge is -2.08. The highest BCUT2D eigenvalue weighted by Crippen LogP contribution is 2.16. The Morgan fingerprint density at radius 2 is 0.655 bits per heavy atom. The van der Waals surface area contributed by atoms with E-state index in [4.69, 9.17) is 45.9 Å². The fraction of sp³-hybridized carbons (Fsp3) is 0.105. The van der Waals surface area contributed by atoms with Crippen molar-refractivity contribution >= 4 is 69.9 Å². The number of rotatable bonds is 12. The second-order valence-electron chi connectivity index (χ2n) is 12.1. The Bertz CT molecular complexity index is 2310. The van der Waals surface area contributed by atoms with Crippen molar-refractivity contribution in [2.45, 2.75) is 27.7 Å². The van der Waals surface area contributed by atoms with Crippen LogP contribution in [0.5, 0.6) is 0 Å². The Balaban J connectivity index is 0.000000310. The van der Waals surface area contributed by atoms with E-state index in [1.54, 1.807) is 107 Å². The molecule has 0 atom stereocenters. The zero-order valence-electron chi connectivity index (χ0n) is 32.3. The van der Waals surface area contributed by atoms with Gasteiger partial charge in [-0.3, -0.25) is 9.59 Å². The Labute approximate surface area is 334 Å². The number of anilines is 2. The summed E-state index contributed by atoms with van der Waals surface area (Å²) in [6.45, 7) is 7.07. The molecular formula is C38H46N18O2. The molecule has 0 heterocycles. The van der Waals surface area contributed by atoms with Crippen molar-refractivity contribution in [3.05, 3.63) is 130 Å². The molecule has 0 aliphatic rings. The van der Waals surface area contributed by atoms with Gasteiger partial charge in [-0.15, -0.1) is 20.4 Å². The van der Waals surface area contributed by atoms with Gasteiger partial charge in [0.05, 0.1) is 22.8 Å². The number of guanidine groups is 4. The van der Waals surface area contributed by atoms with Gasteiger partial charge in [0.15, 0.2) is 0 Å². The second kappa shape index (κ2) is 21.5. The molecule has 0 spiro atoms.